The molecule has 162 valence electrons. The second-order valence-corrected chi connectivity index (χ2v) is 7.88. The van der Waals surface area contributed by atoms with E-state index in [1.165, 1.54) is 11.1 Å². The summed E-state index contributed by atoms with van der Waals surface area (Å²) < 4.78 is 7.15. The fourth-order valence-corrected chi connectivity index (χ4v) is 4.19. The number of hydrogen-bond donors (Lipinski definition) is 1. The van der Waals surface area contributed by atoms with Gasteiger partial charge in [-0.1, -0.05) is 36.4 Å². The Balaban J connectivity index is 1.35. The van der Waals surface area contributed by atoms with Crippen molar-refractivity contribution in [2.75, 3.05) is 26.2 Å². The number of unbranched alkanes of at least 4 members (excludes halogenated alkanes) is 1. The van der Waals surface area contributed by atoms with Gasteiger partial charge in [0, 0.05) is 19.6 Å². The van der Waals surface area contributed by atoms with E-state index in [0.717, 1.165) is 38.9 Å². The number of rotatable bonds is 8. The Morgan fingerprint density at radius 1 is 1.03 bits per heavy atom. The molecule has 6 nitrogen and oxygen atoms in total. The maximum atomic E-state index is 12.4. The molecule has 2 heterocycles. The van der Waals surface area contributed by atoms with Crippen molar-refractivity contribution in [2.24, 2.45) is 0 Å². The highest BCUT2D eigenvalue weighted by atomic mass is 16.5. The Labute approximate surface area is 181 Å². The van der Waals surface area contributed by atoms with Crippen LogP contribution in [0.4, 0.5) is 0 Å². The van der Waals surface area contributed by atoms with Gasteiger partial charge in [-0.3, -0.25) is 19.2 Å². The summed E-state index contributed by atoms with van der Waals surface area (Å²) >= 11 is 0. The van der Waals surface area contributed by atoms with E-state index < -0.39 is 0 Å². The number of nitrogens with one attached hydrogen (secondary N) is 1. The van der Waals surface area contributed by atoms with Gasteiger partial charge in [-0.05, 0) is 62.1 Å². The van der Waals surface area contributed by atoms with Crippen molar-refractivity contribution in [1.82, 2.24) is 14.5 Å². The quantitative estimate of drug-likeness (QED) is 0.566. The van der Waals surface area contributed by atoms with E-state index in [0.29, 0.717) is 29.8 Å². The van der Waals surface area contributed by atoms with E-state index in [1.54, 1.807) is 16.7 Å². The molecular formula is C25H29N3O3. The number of H-pyrrole nitrogens is 1. The SMILES string of the molecule is CCOc1ccc2c(c1)c(=O)[nH]c(=O)n2CCCCN1CC=C(c2ccccc2)CC1. The Morgan fingerprint density at radius 2 is 1.84 bits per heavy atom. The van der Waals surface area contributed by atoms with Crippen molar-refractivity contribution in [3.8, 4) is 5.75 Å². The van der Waals surface area contributed by atoms with E-state index in [2.05, 4.69) is 40.2 Å². The highest BCUT2D eigenvalue weighted by Gasteiger charge is 2.13. The van der Waals surface area contributed by atoms with Crippen molar-refractivity contribution in [3.05, 3.63) is 81.0 Å². The fraction of sp³-hybridized carbons (Fsp3) is 0.360. The molecule has 0 aliphatic carbocycles. The van der Waals surface area contributed by atoms with Crippen molar-refractivity contribution in [1.29, 1.82) is 0 Å². The minimum atomic E-state index is -0.368. The van der Waals surface area contributed by atoms with Gasteiger partial charge in [0.15, 0.2) is 0 Å². The van der Waals surface area contributed by atoms with Crippen LogP contribution >= 0.6 is 0 Å². The summed E-state index contributed by atoms with van der Waals surface area (Å²) in [5.41, 5.74) is 2.68. The maximum absolute atomic E-state index is 12.4. The third kappa shape index (κ3) is 4.97. The van der Waals surface area contributed by atoms with E-state index in [9.17, 15) is 9.59 Å². The number of aromatic nitrogens is 2. The van der Waals surface area contributed by atoms with Crippen LogP contribution in [0.25, 0.3) is 16.5 Å². The van der Waals surface area contributed by atoms with Crippen LogP contribution < -0.4 is 16.0 Å². The van der Waals surface area contributed by atoms with Gasteiger partial charge in [0.05, 0.1) is 17.5 Å². The summed E-state index contributed by atoms with van der Waals surface area (Å²) in [6.45, 7) is 6.04. The fourth-order valence-electron chi connectivity index (χ4n) is 4.19. The largest absolute Gasteiger partial charge is 0.494 e. The molecule has 0 unspecified atom stereocenters. The van der Waals surface area contributed by atoms with Gasteiger partial charge in [0.25, 0.3) is 5.56 Å². The third-order valence-corrected chi connectivity index (χ3v) is 5.82. The van der Waals surface area contributed by atoms with Crippen LogP contribution in [0.3, 0.4) is 0 Å². The monoisotopic (exact) mass is 419 g/mol. The first kappa shape index (κ1) is 21.1. The summed E-state index contributed by atoms with van der Waals surface area (Å²) in [6.07, 6.45) is 5.27. The third-order valence-electron chi connectivity index (χ3n) is 5.82. The molecule has 0 saturated carbocycles. The molecule has 4 rings (SSSR count). The average Bonchev–Trinajstić information content (AvgIpc) is 2.80. The number of aryl methyl sites for hydroxylation is 1. The predicted molar refractivity (Wildman–Crippen MR) is 125 cm³/mol. The van der Waals surface area contributed by atoms with Crippen LogP contribution in [0.2, 0.25) is 0 Å². The lowest BCUT2D eigenvalue weighted by Crippen LogP contribution is -2.31. The van der Waals surface area contributed by atoms with Crippen molar-refractivity contribution in [2.45, 2.75) is 32.7 Å². The highest BCUT2D eigenvalue weighted by molar-refractivity contribution is 5.79. The normalized spacial score (nSPS) is 14.5. The Morgan fingerprint density at radius 3 is 2.58 bits per heavy atom. The molecule has 1 aliphatic heterocycles. The number of nitrogens with zero attached hydrogens (tertiary/aromatic N) is 2. The first-order valence-electron chi connectivity index (χ1n) is 11.0. The maximum Gasteiger partial charge on any atom is 0.328 e. The van der Waals surface area contributed by atoms with Gasteiger partial charge >= 0.3 is 5.69 Å². The van der Waals surface area contributed by atoms with Crippen LogP contribution in [0, 0.1) is 0 Å². The van der Waals surface area contributed by atoms with E-state index in [-0.39, 0.29) is 11.2 Å². The summed E-state index contributed by atoms with van der Waals surface area (Å²) in [5, 5.41) is 0.486. The summed E-state index contributed by atoms with van der Waals surface area (Å²) in [7, 11) is 0. The van der Waals surface area contributed by atoms with E-state index in [4.69, 9.17) is 4.74 Å². The number of aromatic amines is 1. The van der Waals surface area contributed by atoms with Gasteiger partial charge in [-0.2, -0.15) is 0 Å². The molecular weight excluding hydrogens is 390 g/mol. The second kappa shape index (κ2) is 9.79. The molecule has 0 saturated heterocycles. The number of fused-ring (bicyclic) bond motifs is 1. The van der Waals surface area contributed by atoms with Gasteiger partial charge in [0.1, 0.15) is 5.75 Å². The average molecular weight is 420 g/mol. The molecule has 1 N–H and O–H groups in total. The van der Waals surface area contributed by atoms with Crippen molar-refractivity contribution < 1.29 is 4.74 Å². The zero-order valence-corrected chi connectivity index (χ0v) is 18.0. The Bertz CT molecular complexity index is 1180. The molecule has 1 aliphatic rings. The molecule has 6 heteroatoms. The predicted octanol–water partition coefficient (Wildman–Crippen LogP) is 3.66. The minimum absolute atomic E-state index is 0.352. The lowest BCUT2D eigenvalue weighted by atomic mass is 9.99. The van der Waals surface area contributed by atoms with Crippen LogP contribution in [0.1, 0.15) is 31.7 Å². The molecule has 0 atom stereocenters. The molecule has 0 radical (unpaired) electrons. The summed E-state index contributed by atoms with van der Waals surface area (Å²) in [6, 6.07) is 15.9. The summed E-state index contributed by atoms with van der Waals surface area (Å²) in [4.78, 5) is 29.5. The lowest BCUT2D eigenvalue weighted by molar-refractivity contribution is 0.292. The zero-order chi connectivity index (χ0) is 21.6. The first-order valence-corrected chi connectivity index (χ1v) is 11.0. The lowest BCUT2D eigenvalue weighted by Gasteiger charge is -2.26. The highest BCUT2D eigenvalue weighted by Crippen LogP contribution is 2.22. The van der Waals surface area contributed by atoms with Crippen molar-refractivity contribution >= 4 is 16.5 Å². The minimum Gasteiger partial charge on any atom is -0.494 e. The van der Waals surface area contributed by atoms with Crippen LogP contribution in [0.15, 0.2) is 64.2 Å². The molecule has 2 aromatic carbocycles. The Kier molecular flexibility index (Phi) is 6.67. The molecule has 3 aromatic rings. The van der Waals surface area contributed by atoms with E-state index in [1.807, 2.05) is 19.1 Å². The first-order chi connectivity index (χ1) is 15.2. The van der Waals surface area contributed by atoms with Gasteiger partial charge in [-0.25, -0.2) is 4.79 Å². The number of ether oxygens (including phenoxy) is 1. The van der Waals surface area contributed by atoms with Crippen LogP contribution in [-0.2, 0) is 6.54 Å². The molecule has 1 aromatic heterocycles. The molecule has 0 spiro atoms. The molecule has 0 amide bonds. The standard InChI is InChI=1S/C25H29N3O3/c1-2-31-21-10-11-23-22(18-21)24(29)26-25(30)28(23)15-7-6-14-27-16-12-20(13-17-27)19-8-4-3-5-9-19/h3-5,8-12,18H,2,6-7,13-17H2,1H3,(H,26,29,30). The molecule has 0 fully saturated rings. The number of benzene rings is 2. The van der Waals surface area contributed by atoms with Crippen molar-refractivity contribution in [3.63, 3.8) is 0 Å². The smallest absolute Gasteiger partial charge is 0.328 e. The second-order valence-electron chi connectivity index (χ2n) is 7.88. The topological polar surface area (TPSA) is 67.3 Å². The zero-order valence-electron chi connectivity index (χ0n) is 18.0. The van der Waals surface area contributed by atoms with Gasteiger partial charge in [-0.15, -0.1) is 0 Å². The van der Waals surface area contributed by atoms with Crippen LogP contribution in [-0.4, -0.2) is 40.7 Å². The number of hydrogen-bond acceptors (Lipinski definition) is 4. The van der Waals surface area contributed by atoms with E-state index >= 15 is 0 Å². The van der Waals surface area contributed by atoms with Gasteiger partial charge in [0.2, 0.25) is 0 Å². The van der Waals surface area contributed by atoms with Gasteiger partial charge < -0.3 is 4.74 Å². The Hall–Kier alpha value is -3.12. The van der Waals surface area contributed by atoms with Crippen LogP contribution in [0.5, 0.6) is 5.75 Å². The summed E-state index contributed by atoms with van der Waals surface area (Å²) in [5.74, 6) is 0.638. The molecule has 0 bridgehead atoms. The molecule has 31 heavy (non-hydrogen) atoms.